The number of fused-ring (bicyclic) bond motifs is 1. The summed E-state index contributed by atoms with van der Waals surface area (Å²) in [5.41, 5.74) is 7.73. The van der Waals surface area contributed by atoms with E-state index < -0.39 is 0 Å². The molecule has 2 aromatic carbocycles. The maximum atomic E-state index is 13.6. The molecule has 6 nitrogen and oxygen atoms in total. The van der Waals surface area contributed by atoms with E-state index in [-0.39, 0.29) is 17.1 Å². The number of nitrogens with one attached hydrogen (secondary N) is 1. The number of phenols is 1. The average Bonchev–Trinajstić information content (AvgIpc) is 2.81. The molecular weight excluding hydrogens is 424 g/mol. The summed E-state index contributed by atoms with van der Waals surface area (Å²) in [6.07, 6.45) is 7.01. The Morgan fingerprint density at radius 1 is 1.00 bits per heavy atom. The standard InChI is InChI=1S/C28H36N4O2/c1-19-9-8-10-20(2)31(19)15-6-3-7-16-32-25-12-5-4-11-21(25)17-24(28(32)34)23-18-22(27(29)30)13-14-26(23)33/h4-5,11-14,17-20,33H,3,6-10,15-16H2,1-2H3,(H3,29,30). The number of nitrogens with zero attached hydrogens (tertiary/aromatic N) is 2. The highest BCUT2D eigenvalue weighted by Gasteiger charge is 2.23. The van der Waals surface area contributed by atoms with E-state index in [1.165, 1.54) is 25.3 Å². The van der Waals surface area contributed by atoms with Crippen molar-refractivity contribution in [3.8, 4) is 16.9 Å². The van der Waals surface area contributed by atoms with E-state index in [0.29, 0.717) is 35.3 Å². The van der Waals surface area contributed by atoms with E-state index in [4.69, 9.17) is 11.1 Å². The second-order valence-electron chi connectivity index (χ2n) is 9.65. The molecule has 2 heterocycles. The lowest BCUT2D eigenvalue weighted by Gasteiger charge is -2.39. The number of hydrogen-bond acceptors (Lipinski definition) is 4. The molecule has 0 aliphatic carbocycles. The quantitative estimate of drug-likeness (QED) is 0.248. The Kier molecular flexibility index (Phi) is 7.37. The molecule has 1 aliphatic rings. The fourth-order valence-electron chi connectivity index (χ4n) is 5.32. The van der Waals surface area contributed by atoms with E-state index in [9.17, 15) is 9.90 Å². The van der Waals surface area contributed by atoms with E-state index in [1.54, 1.807) is 12.1 Å². The fraction of sp³-hybridized carbons (Fsp3) is 0.429. The van der Waals surface area contributed by atoms with Crippen LogP contribution in [0.4, 0.5) is 0 Å². The summed E-state index contributed by atoms with van der Waals surface area (Å²) in [6, 6.07) is 15.7. The summed E-state index contributed by atoms with van der Waals surface area (Å²) >= 11 is 0. The number of aromatic hydroxyl groups is 1. The molecule has 0 saturated carbocycles. The van der Waals surface area contributed by atoms with Crippen LogP contribution in [0.3, 0.4) is 0 Å². The van der Waals surface area contributed by atoms with Crippen molar-refractivity contribution in [2.75, 3.05) is 6.54 Å². The van der Waals surface area contributed by atoms with Gasteiger partial charge >= 0.3 is 0 Å². The summed E-state index contributed by atoms with van der Waals surface area (Å²) in [4.78, 5) is 16.2. The number of benzene rings is 2. The first-order valence-corrected chi connectivity index (χ1v) is 12.4. The normalized spacial score (nSPS) is 18.9. The van der Waals surface area contributed by atoms with Crippen LogP contribution >= 0.6 is 0 Å². The van der Waals surface area contributed by atoms with E-state index in [1.807, 2.05) is 34.9 Å². The molecule has 34 heavy (non-hydrogen) atoms. The molecule has 0 bridgehead atoms. The van der Waals surface area contributed by atoms with Gasteiger partial charge in [-0.05, 0) is 81.8 Å². The number of nitrogen functional groups attached to an aromatic ring is 1. The van der Waals surface area contributed by atoms with Gasteiger partial charge in [0.05, 0.1) is 11.1 Å². The molecular formula is C28H36N4O2. The highest BCUT2D eigenvalue weighted by atomic mass is 16.3. The van der Waals surface area contributed by atoms with E-state index in [2.05, 4.69) is 18.7 Å². The van der Waals surface area contributed by atoms with Crippen LogP contribution in [0.5, 0.6) is 5.75 Å². The van der Waals surface area contributed by atoms with Crippen LogP contribution in [0.1, 0.15) is 57.9 Å². The van der Waals surface area contributed by atoms with Crippen molar-refractivity contribution < 1.29 is 5.11 Å². The summed E-state index contributed by atoms with van der Waals surface area (Å²) in [5, 5.41) is 19.2. The number of likely N-dealkylation sites (tertiary alicyclic amines) is 1. The highest BCUT2D eigenvalue weighted by Crippen LogP contribution is 2.30. The molecule has 1 aromatic heterocycles. The van der Waals surface area contributed by atoms with Crippen molar-refractivity contribution in [2.24, 2.45) is 5.73 Å². The van der Waals surface area contributed by atoms with Gasteiger partial charge in [0.25, 0.3) is 5.56 Å². The molecule has 1 aliphatic heterocycles. The largest absolute Gasteiger partial charge is 0.507 e. The number of pyridine rings is 1. The van der Waals surface area contributed by atoms with Crippen molar-refractivity contribution in [2.45, 2.75) is 71.0 Å². The number of amidine groups is 1. The van der Waals surface area contributed by atoms with Gasteiger partial charge < -0.3 is 15.4 Å². The Bertz CT molecular complexity index is 1220. The first kappa shape index (κ1) is 24.0. The molecule has 1 saturated heterocycles. The Morgan fingerprint density at radius 3 is 2.44 bits per heavy atom. The fourth-order valence-corrected chi connectivity index (χ4v) is 5.32. The third kappa shape index (κ3) is 5.02. The van der Waals surface area contributed by atoms with Gasteiger partial charge in [0.2, 0.25) is 0 Å². The topological polar surface area (TPSA) is 95.3 Å². The Morgan fingerprint density at radius 2 is 1.71 bits per heavy atom. The molecule has 4 rings (SSSR count). The predicted octanol–water partition coefficient (Wildman–Crippen LogP) is 5.09. The second kappa shape index (κ2) is 10.4. The van der Waals surface area contributed by atoms with Gasteiger partial charge in [-0.3, -0.25) is 15.1 Å². The molecule has 3 aromatic rings. The lowest BCUT2D eigenvalue weighted by atomic mass is 9.97. The lowest BCUT2D eigenvalue weighted by Crippen LogP contribution is -2.44. The van der Waals surface area contributed by atoms with Crippen molar-refractivity contribution in [1.29, 1.82) is 5.41 Å². The van der Waals surface area contributed by atoms with Crippen molar-refractivity contribution >= 4 is 16.7 Å². The number of piperidine rings is 1. The van der Waals surface area contributed by atoms with Gasteiger partial charge in [0.15, 0.2) is 0 Å². The van der Waals surface area contributed by atoms with Crippen LogP contribution in [0.25, 0.3) is 22.0 Å². The average molecular weight is 461 g/mol. The minimum Gasteiger partial charge on any atom is -0.507 e. The van der Waals surface area contributed by atoms with E-state index >= 15 is 0 Å². The molecule has 0 amide bonds. The number of hydrogen-bond donors (Lipinski definition) is 3. The van der Waals surface area contributed by atoms with Gasteiger partial charge in [0, 0.05) is 29.8 Å². The van der Waals surface area contributed by atoms with Crippen molar-refractivity contribution in [3.05, 3.63) is 64.4 Å². The lowest BCUT2D eigenvalue weighted by molar-refractivity contribution is 0.101. The highest BCUT2D eigenvalue weighted by molar-refractivity contribution is 5.97. The van der Waals surface area contributed by atoms with Crippen molar-refractivity contribution in [3.63, 3.8) is 0 Å². The molecule has 2 unspecified atom stereocenters. The zero-order chi connectivity index (χ0) is 24.2. The first-order chi connectivity index (χ1) is 16.4. The van der Waals surface area contributed by atoms with Crippen LogP contribution in [-0.4, -0.2) is 39.0 Å². The smallest absolute Gasteiger partial charge is 0.259 e. The minimum atomic E-state index is -0.132. The maximum absolute atomic E-state index is 13.6. The van der Waals surface area contributed by atoms with Crippen LogP contribution in [0.15, 0.2) is 53.3 Å². The van der Waals surface area contributed by atoms with Crippen LogP contribution in [-0.2, 0) is 6.54 Å². The van der Waals surface area contributed by atoms with Crippen LogP contribution < -0.4 is 11.3 Å². The number of aryl methyl sites for hydroxylation is 1. The minimum absolute atomic E-state index is 0.00806. The third-order valence-corrected chi connectivity index (χ3v) is 7.27. The Balaban J connectivity index is 1.56. The van der Waals surface area contributed by atoms with Crippen LogP contribution in [0.2, 0.25) is 0 Å². The van der Waals surface area contributed by atoms with Gasteiger partial charge in [0.1, 0.15) is 11.6 Å². The van der Waals surface area contributed by atoms with Gasteiger partial charge in [-0.1, -0.05) is 31.0 Å². The summed E-state index contributed by atoms with van der Waals surface area (Å²) < 4.78 is 1.83. The Hall–Kier alpha value is -3.12. The molecule has 180 valence electrons. The number of rotatable bonds is 8. The van der Waals surface area contributed by atoms with Crippen molar-refractivity contribution in [1.82, 2.24) is 9.47 Å². The van der Waals surface area contributed by atoms with Crippen LogP contribution in [0, 0.1) is 5.41 Å². The summed E-state index contributed by atoms with van der Waals surface area (Å²) in [7, 11) is 0. The zero-order valence-corrected chi connectivity index (χ0v) is 20.3. The molecule has 2 atom stereocenters. The SMILES string of the molecule is CC1CCCC(C)N1CCCCCn1c(=O)c(-c2cc(C(=N)N)ccc2O)cc2ccccc21. The summed E-state index contributed by atoms with van der Waals surface area (Å²) in [6.45, 7) is 6.42. The van der Waals surface area contributed by atoms with E-state index in [0.717, 1.165) is 36.7 Å². The van der Waals surface area contributed by atoms with Gasteiger partial charge in [-0.15, -0.1) is 0 Å². The van der Waals surface area contributed by atoms with Gasteiger partial charge in [-0.2, -0.15) is 0 Å². The third-order valence-electron chi connectivity index (χ3n) is 7.27. The number of phenolic OH excluding ortho intramolecular Hbond substituents is 1. The molecule has 1 fully saturated rings. The monoisotopic (exact) mass is 460 g/mol. The number of aromatic nitrogens is 1. The Labute approximate surface area is 201 Å². The predicted molar refractivity (Wildman–Crippen MR) is 140 cm³/mol. The number of unbranched alkanes of at least 4 members (excludes halogenated alkanes) is 2. The number of nitrogens with two attached hydrogens (primary N) is 1. The molecule has 0 spiro atoms. The summed E-state index contributed by atoms with van der Waals surface area (Å²) in [5.74, 6) is -0.0894. The first-order valence-electron chi connectivity index (χ1n) is 12.4. The second-order valence-corrected chi connectivity index (χ2v) is 9.65. The zero-order valence-electron chi connectivity index (χ0n) is 20.3. The van der Waals surface area contributed by atoms with Gasteiger partial charge in [-0.25, -0.2) is 0 Å². The molecule has 0 radical (unpaired) electrons. The maximum Gasteiger partial charge on any atom is 0.259 e. The number of para-hydroxylation sites is 1. The molecule has 6 heteroatoms. The molecule has 4 N–H and O–H groups in total.